The summed E-state index contributed by atoms with van der Waals surface area (Å²) in [6, 6.07) is 10.1. The van der Waals surface area contributed by atoms with E-state index in [4.69, 9.17) is 9.47 Å². The number of hydrogen-bond donors (Lipinski definition) is 0. The monoisotopic (exact) mass is 436 g/mol. The summed E-state index contributed by atoms with van der Waals surface area (Å²) in [6.07, 6.45) is 4.54. The van der Waals surface area contributed by atoms with Crippen LogP contribution in [0.1, 0.15) is 18.4 Å². The molecule has 9 heteroatoms. The van der Waals surface area contributed by atoms with Crippen molar-refractivity contribution in [2.75, 3.05) is 26.2 Å². The maximum absolute atomic E-state index is 13.0. The van der Waals surface area contributed by atoms with Crippen LogP contribution in [-0.2, 0) is 16.1 Å². The van der Waals surface area contributed by atoms with Crippen molar-refractivity contribution in [2.45, 2.75) is 31.5 Å². The maximum atomic E-state index is 13.0. The highest BCUT2D eigenvalue weighted by molar-refractivity contribution is 6.44. The molecule has 0 aliphatic carbocycles. The smallest absolute Gasteiger partial charge is 0.334 e. The lowest BCUT2D eigenvalue weighted by Crippen LogP contribution is -2.53. The van der Waals surface area contributed by atoms with Gasteiger partial charge < -0.3 is 9.47 Å². The van der Waals surface area contributed by atoms with Gasteiger partial charge in [-0.2, -0.15) is 0 Å². The molecule has 5 rings (SSSR count). The summed E-state index contributed by atoms with van der Waals surface area (Å²) < 4.78 is 11.9. The maximum Gasteiger partial charge on any atom is 0.334 e. The number of pyridine rings is 1. The van der Waals surface area contributed by atoms with Crippen molar-refractivity contribution in [2.24, 2.45) is 0 Å². The van der Waals surface area contributed by atoms with Crippen molar-refractivity contribution in [3.8, 4) is 11.5 Å². The van der Waals surface area contributed by atoms with Crippen molar-refractivity contribution in [1.82, 2.24) is 19.7 Å². The van der Waals surface area contributed by atoms with E-state index in [1.54, 1.807) is 24.5 Å². The number of hydrogen-bond acceptors (Lipinski definition) is 7. The van der Waals surface area contributed by atoms with Gasteiger partial charge in [0, 0.05) is 25.5 Å². The van der Waals surface area contributed by atoms with E-state index in [1.165, 1.54) is 0 Å². The minimum absolute atomic E-state index is 0.0610. The second-order valence-electron chi connectivity index (χ2n) is 8.26. The van der Waals surface area contributed by atoms with Gasteiger partial charge in [0.25, 0.3) is 0 Å². The standard InChI is InChI=1S/C23H24N4O5/c28-21-22(29)27(23(30)26(21)12-16-7-9-24-10-8-16)17-4-3-11-25(13-17)14-18-15-31-19-5-1-2-6-20(19)32-18/h1-2,5-10,17-18H,3-4,11-15H2. The van der Waals surface area contributed by atoms with Gasteiger partial charge in [0.05, 0.1) is 12.6 Å². The van der Waals surface area contributed by atoms with Gasteiger partial charge in [0.15, 0.2) is 11.5 Å². The molecule has 2 aromatic rings. The number of carbonyl (C=O) groups excluding carboxylic acids is 3. The highest BCUT2D eigenvalue weighted by Gasteiger charge is 2.48. The number of amides is 4. The number of rotatable bonds is 5. The predicted octanol–water partition coefficient (Wildman–Crippen LogP) is 1.68. The molecule has 166 valence electrons. The number of benzene rings is 1. The Bertz CT molecular complexity index is 1030. The topological polar surface area (TPSA) is 92.3 Å². The Morgan fingerprint density at radius 1 is 1.00 bits per heavy atom. The van der Waals surface area contributed by atoms with Crippen LogP contribution in [0.25, 0.3) is 0 Å². The van der Waals surface area contributed by atoms with Crippen LogP contribution < -0.4 is 9.47 Å². The molecule has 4 heterocycles. The average molecular weight is 436 g/mol. The third kappa shape index (κ3) is 3.91. The first kappa shape index (κ1) is 20.4. The van der Waals surface area contributed by atoms with Gasteiger partial charge >= 0.3 is 17.8 Å². The first-order chi connectivity index (χ1) is 15.6. The van der Waals surface area contributed by atoms with Gasteiger partial charge in [0.2, 0.25) is 0 Å². The van der Waals surface area contributed by atoms with E-state index in [-0.39, 0.29) is 18.7 Å². The molecule has 0 bridgehead atoms. The molecule has 0 radical (unpaired) electrons. The Kier molecular flexibility index (Phi) is 5.48. The molecule has 0 spiro atoms. The van der Waals surface area contributed by atoms with Gasteiger partial charge in [-0.25, -0.2) is 4.79 Å². The van der Waals surface area contributed by atoms with Crippen LogP contribution >= 0.6 is 0 Å². The van der Waals surface area contributed by atoms with E-state index in [1.807, 2.05) is 24.3 Å². The summed E-state index contributed by atoms with van der Waals surface area (Å²) in [5, 5.41) is 0. The summed E-state index contributed by atoms with van der Waals surface area (Å²) in [4.78, 5) is 46.5. The predicted molar refractivity (Wildman–Crippen MR) is 113 cm³/mol. The van der Waals surface area contributed by atoms with Crippen molar-refractivity contribution >= 4 is 17.8 Å². The summed E-state index contributed by atoms with van der Waals surface area (Å²) in [5.74, 6) is -0.0625. The van der Waals surface area contributed by atoms with Crippen LogP contribution in [0, 0.1) is 0 Å². The first-order valence-corrected chi connectivity index (χ1v) is 10.8. The van der Waals surface area contributed by atoms with Gasteiger partial charge in [-0.1, -0.05) is 12.1 Å². The number of para-hydroxylation sites is 2. The number of urea groups is 1. The molecular formula is C23H24N4O5. The number of carbonyl (C=O) groups is 3. The molecule has 9 nitrogen and oxygen atoms in total. The van der Waals surface area contributed by atoms with E-state index in [2.05, 4.69) is 9.88 Å². The fourth-order valence-electron chi connectivity index (χ4n) is 4.50. The van der Waals surface area contributed by atoms with E-state index < -0.39 is 17.8 Å². The second-order valence-corrected chi connectivity index (χ2v) is 8.26. The van der Waals surface area contributed by atoms with Crippen molar-refractivity contribution in [3.05, 3.63) is 54.4 Å². The molecular weight excluding hydrogens is 412 g/mol. The zero-order valence-corrected chi connectivity index (χ0v) is 17.6. The lowest BCUT2D eigenvalue weighted by Gasteiger charge is -2.38. The van der Waals surface area contributed by atoms with Crippen LogP contribution in [0.3, 0.4) is 0 Å². The fraction of sp³-hybridized carbons (Fsp3) is 0.391. The minimum Gasteiger partial charge on any atom is -0.486 e. The molecule has 2 atom stereocenters. The molecule has 3 aliphatic rings. The number of likely N-dealkylation sites (tertiary alicyclic amines) is 1. The van der Waals surface area contributed by atoms with Crippen LogP contribution in [-0.4, -0.2) is 75.9 Å². The van der Waals surface area contributed by atoms with E-state index in [0.717, 1.165) is 39.8 Å². The van der Waals surface area contributed by atoms with E-state index in [0.29, 0.717) is 26.1 Å². The quantitative estimate of drug-likeness (QED) is 0.520. The molecule has 32 heavy (non-hydrogen) atoms. The number of imide groups is 2. The van der Waals surface area contributed by atoms with Gasteiger partial charge in [-0.3, -0.25) is 29.3 Å². The average Bonchev–Trinajstić information content (AvgIpc) is 3.03. The lowest BCUT2D eigenvalue weighted by atomic mass is 10.0. The Labute approximate surface area is 185 Å². The summed E-state index contributed by atoms with van der Waals surface area (Å²) in [7, 11) is 0. The third-order valence-electron chi connectivity index (χ3n) is 6.05. The SMILES string of the molecule is O=C1C(=O)N(C2CCCN(CC3COc4ccccc4O3)C2)C(=O)N1Cc1ccncc1. The highest BCUT2D eigenvalue weighted by Crippen LogP contribution is 2.31. The highest BCUT2D eigenvalue weighted by atomic mass is 16.6. The Balaban J connectivity index is 1.23. The number of aromatic nitrogens is 1. The number of ether oxygens (including phenoxy) is 2. The number of piperidine rings is 1. The van der Waals surface area contributed by atoms with Crippen molar-refractivity contribution < 1.29 is 23.9 Å². The first-order valence-electron chi connectivity index (χ1n) is 10.8. The van der Waals surface area contributed by atoms with E-state index >= 15 is 0 Å². The van der Waals surface area contributed by atoms with E-state index in [9.17, 15) is 14.4 Å². The summed E-state index contributed by atoms with van der Waals surface area (Å²) in [6.45, 7) is 2.47. The lowest BCUT2D eigenvalue weighted by molar-refractivity contribution is -0.144. The largest absolute Gasteiger partial charge is 0.486 e. The number of fused-ring (bicyclic) bond motifs is 1. The third-order valence-corrected chi connectivity index (χ3v) is 6.05. The summed E-state index contributed by atoms with van der Waals surface area (Å²) in [5.41, 5.74) is 0.747. The van der Waals surface area contributed by atoms with Crippen LogP contribution in [0.15, 0.2) is 48.8 Å². The molecule has 2 fully saturated rings. The molecule has 1 aromatic heterocycles. The normalized spacial score (nSPS) is 23.7. The Hall–Kier alpha value is -3.46. The van der Waals surface area contributed by atoms with Crippen LogP contribution in [0.4, 0.5) is 4.79 Å². The van der Waals surface area contributed by atoms with Crippen LogP contribution in [0.5, 0.6) is 11.5 Å². The summed E-state index contributed by atoms with van der Waals surface area (Å²) >= 11 is 0. The zero-order chi connectivity index (χ0) is 22.1. The van der Waals surface area contributed by atoms with Gasteiger partial charge in [-0.05, 0) is 49.2 Å². The fourth-order valence-corrected chi connectivity index (χ4v) is 4.50. The molecule has 1 aromatic carbocycles. The molecule has 2 unspecified atom stereocenters. The molecule has 0 saturated carbocycles. The van der Waals surface area contributed by atoms with Crippen molar-refractivity contribution in [1.29, 1.82) is 0 Å². The Morgan fingerprint density at radius 2 is 1.78 bits per heavy atom. The zero-order valence-electron chi connectivity index (χ0n) is 17.6. The molecule has 4 amide bonds. The Morgan fingerprint density at radius 3 is 2.59 bits per heavy atom. The van der Waals surface area contributed by atoms with Crippen LogP contribution in [0.2, 0.25) is 0 Å². The van der Waals surface area contributed by atoms with Gasteiger partial charge in [0.1, 0.15) is 12.7 Å². The minimum atomic E-state index is -0.774. The van der Waals surface area contributed by atoms with Gasteiger partial charge in [-0.15, -0.1) is 0 Å². The number of nitrogens with zero attached hydrogens (tertiary/aromatic N) is 4. The van der Waals surface area contributed by atoms with Crippen molar-refractivity contribution in [3.63, 3.8) is 0 Å². The molecule has 0 N–H and O–H groups in total. The molecule has 2 saturated heterocycles. The molecule has 3 aliphatic heterocycles. The second kappa shape index (κ2) is 8.58.